The van der Waals surface area contributed by atoms with Gasteiger partial charge in [-0.2, -0.15) is 20.1 Å². The smallest absolute Gasteiger partial charge is 0.643 e. The summed E-state index contributed by atoms with van der Waals surface area (Å²) in [5.41, 5.74) is 2.74. The molecule has 7 heteroatoms. The normalized spacial score (nSPS) is 15.2. The maximum atomic E-state index is 11.8. The van der Waals surface area contributed by atoms with Crippen LogP contribution >= 0.6 is 0 Å². The number of hydrogen-bond donors (Lipinski definition) is 1. The molecule has 0 heterocycles. The van der Waals surface area contributed by atoms with E-state index in [9.17, 15) is 18.0 Å². The van der Waals surface area contributed by atoms with Gasteiger partial charge in [0.15, 0.2) is 5.60 Å². The summed E-state index contributed by atoms with van der Waals surface area (Å²) in [5.74, 6) is 4.92. The molecule has 0 amide bonds. The molecule has 0 atom stereocenters. The van der Waals surface area contributed by atoms with E-state index in [4.69, 9.17) is 5.73 Å². The third kappa shape index (κ3) is 5.31. The molecule has 0 bridgehead atoms. The Morgan fingerprint density at radius 2 is 2.00 bits per heavy atom. The Balaban J connectivity index is 0. The summed E-state index contributed by atoms with van der Waals surface area (Å²) in [6.45, 7) is 4.46. The second-order valence-corrected chi connectivity index (χ2v) is 2.74. The van der Waals surface area contributed by atoms with Crippen LogP contribution in [0.15, 0.2) is 0 Å². The van der Waals surface area contributed by atoms with Crippen molar-refractivity contribution in [2.75, 3.05) is 6.54 Å². The first-order chi connectivity index (χ1) is 6.93. The van der Waals surface area contributed by atoms with Gasteiger partial charge in [-0.25, -0.2) is 0 Å². The number of nitrogens with two attached hydrogens (primary N) is 1. The van der Waals surface area contributed by atoms with Crippen LogP contribution in [0.2, 0.25) is 0 Å². The zero-order chi connectivity index (χ0) is 11.9. The van der Waals surface area contributed by atoms with Gasteiger partial charge in [-0.15, -0.1) is 0 Å². The minimum absolute atomic E-state index is 0. The summed E-state index contributed by atoms with van der Waals surface area (Å²) in [7, 11) is 0. The summed E-state index contributed by atoms with van der Waals surface area (Å²) in [6, 6.07) is 0. The van der Waals surface area contributed by atoms with Crippen LogP contribution in [0.3, 0.4) is 0 Å². The number of rotatable bonds is 2. The van der Waals surface area contributed by atoms with Gasteiger partial charge in [-0.05, 0) is 19.4 Å². The van der Waals surface area contributed by atoms with E-state index in [-0.39, 0.29) is 29.9 Å². The van der Waals surface area contributed by atoms with E-state index in [0.29, 0.717) is 6.54 Å². The van der Waals surface area contributed by atoms with Gasteiger partial charge in [0, 0.05) is 0 Å². The number of hydrogen-bond acceptors (Lipinski definition) is 3. The fourth-order valence-corrected chi connectivity index (χ4v) is 0.709. The number of alkyl halides is 3. The molecule has 0 aliphatic heterocycles. The van der Waals surface area contributed by atoms with Crippen molar-refractivity contribution in [1.82, 2.24) is 0 Å². The third-order valence-electron chi connectivity index (χ3n) is 1.68. The predicted molar refractivity (Wildman–Crippen MR) is 47.0 cm³/mol. The third-order valence-corrected chi connectivity index (χ3v) is 1.68. The summed E-state index contributed by atoms with van der Waals surface area (Å²) in [4.78, 5) is 9.46. The van der Waals surface area contributed by atoms with Crippen molar-refractivity contribution in [1.29, 1.82) is 0 Å². The quantitative estimate of drug-likeness (QED) is 0.464. The molecule has 3 nitrogen and oxygen atoms in total. The van der Waals surface area contributed by atoms with Gasteiger partial charge in [0.25, 0.3) is 0 Å². The van der Waals surface area contributed by atoms with Crippen molar-refractivity contribution < 1.29 is 39.8 Å². The molecule has 1 aliphatic carbocycles. The first kappa shape index (κ1) is 17.6. The number of carbonyl (C=O) groups excluding carboxylic acids is 1. The molecule has 1 saturated carbocycles. The Bertz CT molecular complexity index is 266. The van der Waals surface area contributed by atoms with Gasteiger partial charge in [-0.1, -0.05) is 6.47 Å². The Kier molecular flexibility index (Phi) is 8.17. The second kappa shape index (κ2) is 7.44. The zero-order valence-corrected chi connectivity index (χ0v) is 9.41. The molecule has 0 aromatic rings. The first-order valence-electron chi connectivity index (χ1n) is 4.00. The summed E-state index contributed by atoms with van der Waals surface area (Å²) >= 11 is 0. The van der Waals surface area contributed by atoms with Gasteiger partial charge in [0.05, 0.1) is 0 Å². The van der Waals surface area contributed by atoms with Gasteiger partial charge in [0.2, 0.25) is 0 Å². The van der Waals surface area contributed by atoms with E-state index >= 15 is 0 Å². The molecule has 0 aromatic heterocycles. The average Bonchev–Trinajstić information content (AvgIpc) is 2.87. The summed E-state index contributed by atoms with van der Waals surface area (Å²) in [5, 5.41) is 0. The fourth-order valence-electron chi connectivity index (χ4n) is 0.709. The van der Waals surface area contributed by atoms with Crippen LogP contribution in [0.4, 0.5) is 13.2 Å². The molecule has 1 fully saturated rings. The zero-order valence-electron chi connectivity index (χ0n) is 8.23. The van der Waals surface area contributed by atoms with Crippen molar-refractivity contribution in [3.63, 3.8) is 0 Å². The molecule has 1 rings (SSSR count). The van der Waals surface area contributed by atoms with Gasteiger partial charge >= 0.3 is 23.2 Å². The van der Waals surface area contributed by atoms with Crippen LogP contribution in [-0.4, -0.2) is 24.8 Å². The van der Waals surface area contributed by atoms with Crippen molar-refractivity contribution in [3.05, 3.63) is 6.92 Å². The molecule has 0 spiro atoms. The van der Waals surface area contributed by atoms with Crippen LogP contribution in [-0.2, 0) is 26.6 Å². The fraction of sp³-hybridized carbons (Fsp3) is 0.556. The Morgan fingerprint density at radius 3 is 2.06 bits per heavy atom. The standard InChI is InChI=1S/C5H4F3O2.C4H6N.Mn/c6-5(7,8)4(1-2-4)10-3-9;1-2-3-4-5;/h1-2H2;1,4-5H2;/q2*-1;+2. The average molecular weight is 276 g/mol. The molecule has 91 valence electrons. The van der Waals surface area contributed by atoms with E-state index in [1.807, 2.05) is 0 Å². The molecule has 0 unspecified atom stereocenters. The van der Waals surface area contributed by atoms with Gasteiger partial charge in [0.1, 0.15) is 0 Å². The van der Waals surface area contributed by atoms with Crippen LogP contribution in [0.1, 0.15) is 12.8 Å². The summed E-state index contributed by atoms with van der Waals surface area (Å²) in [6.07, 6.45) is -4.69. The molecule has 0 aromatic carbocycles. The largest absolute Gasteiger partial charge is 2.00 e. The first-order valence-corrected chi connectivity index (χ1v) is 4.00. The SMILES string of the molecule is O=[C-]OC1(C(F)(F)F)CC1.[CH2-]C#CCN.[Mn+2]. The second-order valence-electron chi connectivity index (χ2n) is 2.74. The van der Waals surface area contributed by atoms with Crippen LogP contribution < -0.4 is 5.73 Å². The van der Waals surface area contributed by atoms with Gasteiger partial charge < -0.3 is 21.2 Å². The maximum Gasteiger partial charge on any atom is 2.00 e. The van der Waals surface area contributed by atoms with Crippen LogP contribution in [0.25, 0.3) is 0 Å². The van der Waals surface area contributed by atoms with Crippen molar-refractivity contribution in [2.24, 2.45) is 5.73 Å². The minimum Gasteiger partial charge on any atom is -0.643 e. The van der Waals surface area contributed by atoms with E-state index in [1.54, 1.807) is 0 Å². The van der Waals surface area contributed by atoms with E-state index in [0.717, 1.165) is 6.47 Å². The molecular formula is C9H10F3MnNO2. The van der Waals surface area contributed by atoms with Crippen molar-refractivity contribution >= 4 is 6.47 Å². The topological polar surface area (TPSA) is 52.3 Å². The van der Waals surface area contributed by atoms with Crippen molar-refractivity contribution in [2.45, 2.75) is 24.6 Å². The molecule has 1 aliphatic rings. The monoisotopic (exact) mass is 276 g/mol. The molecule has 1 radical (unpaired) electrons. The molecule has 0 saturated heterocycles. The Labute approximate surface area is 102 Å². The van der Waals surface area contributed by atoms with Crippen LogP contribution in [0, 0.1) is 18.8 Å². The number of halogens is 3. The Hall–Kier alpha value is -0.831. The minimum atomic E-state index is -4.43. The molecule has 16 heavy (non-hydrogen) atoms. The molecule has 2 N–H and O–H groups in total. The molecular weight excluding hydrogens is 266 g/mol. The maximum absolute atomic E-state index is 11.8. The predicted octanol–water partition coefficient (Wildman–Crippen LogP) is 0.945. The Morgan fingerprint density at radius 1 is 1.50 bits per heavy atom. The van der Waals surface area contributed by atoms with Gasteiger partial charge in [-0.3, -0.25) is 5.92 Å². The van der Waals surface area contributed by atoms with E-state index in [2.05, 4.69) is 23.5 Å². The number of ether oxygens (including phenoxy) is 1. The summed E-state index contributed by atoms with van der Waals surface area (Å²) < 4.78 is 39.1. The van der Waals surface area contributed by atoms with Crippen molar-refractivity contribution in [3.8, 4) is 11.8 Å². The van der Waals surface area contributed by atoms with Crippen LogP contribution in [0.5, 0.6) is 0 Å². The van der Waals surface area contributed by atoms with E-state index in [1.165, 1.54) is 0 Å². The van der Waals surface area contributed by atoms with E-state index < -0.39 is 11.8 Å².